The number of anilines is 1. The van der Waals surface area contributed by atoms with Gasteiger partial charge in [-0.1, -0.05) is 5.16 Å². The molecule has 2 aromatic rings. The van der Waals surface area contributed by atoms with E-state index in [4.69, 9.17) is 10.4 Å². The molecule has 114 valence electrons. The average molecular weight is 377 g/mol. The summed E-state index contributed by atoms with van der Waals surface area (Å²) in [5.41, 5.74) is 2.25. The van der Waals surface area contributed by atoms with Crippen LogP contribution in [-0.4, -0.2) is 30.1 Å². The van der Waals surface area contributed by atoms with E-state index in [2.05, 4.69) is 41.2 Å². The molecular formula is C10H13BrN6O3S. The highest BCUT2D eigenvalue weighted by atomic mass is 79.9. The third-order valence-electron chi connectivity index (χ3n) is 2.45. The molecule has 0 amide bonds. The summed E-state index contributed by atoms with van der Waals surface area (Å²) in [5.74, 6) is 6.18. The Morgan fingerprint density at radius 2 is 2.24 bits per heavy atom. The number of hydrogen-bond acceptors (Lipinski definition) is 8. The normalized spacial score (nSPS) is 11.6. The van der Waals surface area contributed by atoms with Crippen LogP contribution in [0.5, 0.6) is 0 Å². The van der Waals surface area contributed by atoms with Gasteiger partial charge in [0.1, 0.15) is 4.90 Å². The van der Waals surface area contributed by atoms with Crippen LogP contribution in [0, 0.1) is 6.92 Å². The summed E-state index contributed by atoms with van der Waals surface area (Å²) in [6.07, 6.45) is 1.72. The zero-order chi connectivity index (χ0) is 15.5. The van der Waals surface area contributed by atoms with Crippen molar-refractivity contribution in [1.82, 2.24) is 19.8 Å². The number of aromatic nitrogens is 3. The Balaban J connectivity index is 2.09. The fourth-order valence-electron chi connectivity index (χ4n) is 1.55. The van der Waals surface area contributed by atoms with Crippen molar-refractivity contribution in [3.05, 3.63) is 28.5 Å². The summed E-state index contributed by atoms with van der Waals surface area (Å²) in [4.78, 5) is 7.82. The second-order valence-electron chi connectivity index (χ2n) is 4.03. The molecule has 21 heavy (non-hydrogen) atoms. The first-order valence-electron chi connectivity index (χ1n) is 5.83. The fourth-order valence-corrected chi connectivity index (χ4v) is 3.20. The van der Waals surface area contributed by atoms with Crippen LogP contribution in [0.15, 0.2) is 26.2 Å². The molecular weight excluding hydrogens is 364 g/mol. The molecule has 2 aromatic heterocycles. The van der Waals surface area contributed by atoms with Crippen molar-refractivity contribution >= 4 is 31.8 Å². The molecule has 0 spiro atoms. The average Bonchev–Trinajstić information content (AvgIpc) is 2.84. The van der Waals surface area contributed by atoms with Crippen molar-refractivity contribution in [2.75, 3.05) is 12.0 Å². The van der Waals surface area contributed by atoms with E-state index in [9.17, 15) is 8.42 Å². The van der Waals surface area contributed by atoms with Gasteiger partial charge in [0.25, 0.3) is 0 Å². The zero-order valence-electron chi connectivity index (χ0n) is 11.0. The quantitative estimate of drug-likeness (QED) is 0.484. The Bertz CT molecular complexity index is 732. The van der Waals surface area contributed by atoms with Crippen molar-refractivity contribution in [3.63, 3.8) is 0 Å². The van der Waals surface area contributed by atoms with Crippen molar-refractivity contribution < 1.29 is 12.9 Å². The maximum atomic E-state index is 12.2. The van der Waals surface area contributed by atoms with Gasteiger partial charge < -0.3 is 9.95 Å². The third kappa shape index (κ3) is 3.97. The summed E-state index contributed by atoms with van der Waals surface area (Å²) in [6.45, 7) is 1.80. The number of sulfonamides is 1. The van der Waals surface area contributed by atoms with Crippen LogP contribution in [0.3, 0.4) is 0 Å². The first-order chi connectivity index (χ1) is 9.92. The summed E-state index contributed by atoms with van der Waals surface area (Å²) < 4.78 is 32.3. The molecule has 11 heteroatoms. The minimum absolute atomic E-state index is 0.0546. The monoisotopic (exact) mass is 376 g/mol. The molecule has 4 N–H and O–H groups in total. The van der Waals surface area contributed by atoms with E-state index in [1.54, 1.807) is 6.92 Å². The van der Waals surface area contributed by atoms with E-state index in [0.717, 1.165) is 0 Å². The molecule has 0 aliphatic carbocycles. The molecule has 9 nitrogen and oxygen atoms in total. The third-order valence-corrected chi connectivity index (χ3v) is 4.35. The lowest BCUT2D eigenvalue weighted by Crippen LogP contribution is -2.27. The lowest BCUT2D eigenvalue weighted by Gasteiger charge is -2.10. The van der Waals surface area contributed by atoms with E-state index < -0.39 is 10.0 Å². The number of halogens is 1. The predicted octanol–water partition coefficient (Wildman–Crippen LogP) is 0.342. The topological polar surface area (TPSA) is 136 Å². The van der Waals surface area contributed by atoms with Gasteiger partial charge in [-0.25, -0.2) is 24.0 Å². The van der Waals surface area contributed by atoms with Crippen LogP contribution in [-0.2, 0) is 16.4 Å². The van der Waals surface area contributed by atoms with Crippen molar-refractivity contribution in [3.8, 4) is 0 Å². The molecule has 2 heterocycles. The maximum absolute atomic E-state index is 12.2. The van der Waals surface area contributed by atoms with Crippen molar-refractivity contribution in [1.29, 1.82) is 0 Å². The van der Waals surface area contributed by atoms with Crippen molar-refractivity contribution in [2.24, 2.45) is 5.84 Å². The van der Waals surface area contributed by atoms with Crippen LogP contribution in [0.2, 0.25) is 0 Å². The lowest BCUT2D eigenvalue weighted by molar-refractivity contribution is 0.375. The van der Waals surface area contributed by atoms with Crippen LogP contribution < -0.4 is 16.0 Å². The molecule has 0 aromatic carbocycles. The molecule has 0 fully saturated rings. The highest BCUT2D eigenvalue weighted by Gasteiger charge is 2.20. The Kier molecular flexibility index (Phi) is 4.88. The van der Waals surface area contributed by atoms with Crippen LogP contribution in [0.4, 0.5) is 5.82 Å². The van der Waals surface area contributed by atoms with Crippen LogP contribution in [0.1, 0.15) is 11.7 Å². The summed E-state index contributed by atoms with van der Waals surface area (Å²) in [7, 11) is -3.76. The summed E-state index contributed by atoms with van der Waals surface area (Å²) in [5, 5.41) is 3.62. The number of hydrazine groups is 1. The number of nitrogens with two attached hydrogens (primary N) is 1. The molecule has 2 rings (SSSR count). The second-order valence-corrected chi connectivity index (χ2v) is 6.68. The molecule has 0 unspecified atom stereocenters. The van der Waals surface area contributed by atoms with Gasteiger partial charge in [-0.3, -0.25) is 0 Å². The Morgan fingerprint density at radius 1 is 1.48 bits per heavy atom. The van der Waals surface area contributed by atoms with Gasteiger partial charge in [0.05, 0.1) is 0 Å². The van der Waals surface area contributed by atoms with E-state index in [1.165, 1.54) is 12.3 Å². The Labute approximate surface area is 129 Å². The lowest BCUT2D eigenvalue weighted by atomic mass is 10.4. The molecule has 0 atom stereocenters. The largest absolute Gasteiger partial charge is 0.339 e. The highest BCUT2D eigenvalue weighted by Crippen LogP contribution is 2.21. The van der Waals surface area contributed by atoms with Gasteiger partial charge in [-0.2, -0.15) is 4.98 Å². The van der Waals surface area contributed by atoms with E-state index >= 15 is 0 Å². The Hall–Kier alpha value is -1.56. The smallest absolute Gasteiger partial charge is 0.244 e. The zero-order valence-corrected chi connectivity index (χ0v) is 13.4. The minimum atomic E-state index is -3.76. The fraction of sp³-hybridized carbons (Fsp3) is 0.300. The number of nitrogen functional groups attached to an aromatic ring is 1. The van der Waals surface area contributed by atoms with Crippen molar-refractivity contribution in [2.45, 2.75) is 18.2 Å². The molecule has 0 aliphatic heterocycles. The van der Waals surface area contributed by atoms with E-state index in [-0.39, 0.29) is 23.7 Å². The highest BCUT2D eigenvalue weighted by molar-refractivity contribution is 9.10. The van der Waals surface area contributed by atoms with E-state index in [1.807, 2.05) is 0 Å². The molecule has 0 aliphatic rings. The van der Waals surface area contributed by atoms with Crippen LogP contribution in [0.25, 0.3) is 0 Å². The summed E-state index contributed by atoms with van der Waals surface area (Å²) in [6, 6.07) is 1.40. The summed E-state index contributed by atoms with van der Waals surface area (Å²) >= 11 is 3.17. The van der Waals surface area contributed by atoms with Gasteiger partial charge in [0.15, 0.2) is 11.6 Å². The molecule has 0 radical (unpaired) electrons. The minimum Gasteiger partial charge on any atom is -0.339 e. The number of hydrogen-bond donors (Lipinski definition) is 3. The van der Waals surface area contributed by atoms with Crippen LogP contribution >= 0.6 is 15.9 Å². The standard InChI is InChI=1S/C10H13BrN6O3S/c1-6-15-9(20-17-6)2-3-14-21(18,19)8-4-7(11)5-13-10(8)16-12/h4-5,14H,2-3,12H2,1H3,(H,13,16). The Morgan fingerprint density at radius 3 is 2.86 bits per heavy atom. The SMILES string of the molecule is Cc1noc(CCNS(=O)(=O)c2cc(Br)cnc2NN)n1. The first-order valence-corrected chi connectivity index (χ1v) is 8.11. The number of nitrogens with zero attached hydrogens (tertiary/aromatic N) is 3. The van der Waals surface area contributed by atoms with Gasteiger partial charge in [0, 0.05) is 23.6 Å². The van der Waals surface area contributed by atoms with Gasteiger partial charge in [0.2, 0.25) is 15.9 Å². The van der Waals surface area contributed by atoms with Gasteiger partial charge >= 0.3 is 0 Å². The van der Waals surface area contributed by atoms with E-state index in [0.29, 0.717) is 16.2 Å². The molecule has 0 bridgehead atoms. The molecule has 0 saturated carbocycles. The second kappa shape index (κ2) is 6.47. The number of aryl methyl sites for hydroxylation is 1. The molecule has 0 saturated heterocycles. The van der Waals surface area contributed by atoms with Gasteiger partial charge in [-0.05, 0) is 28.9 Å². The maximum Gasteiger partial charge on any atom is 0.244 e. The first kappa shape index (κ1) is 15.8. The predicted molar refractivity (Wildman–Crippen MR) is 77.7 cm³/mol. The number of pyridine rings is 1. The number of rotatable bonds is 6. The van der Waals surface area contributed by atoms with Gasteiger partial charge in [-0.15, -0.1) is 0 Å². The number of nitrogens with one attached hydrogen (secondary N) is 2.